The molecule has 3 rings (SSSR count). The molecule has 3 nitrogen and oxygen atoms in total. The first-order valence-corrected chi connectivity index (χ1v) is 9.05. The predicted molar refractivity (Wildman–Crippen MR) is 110 cm³/mol. The van der Waals surface area contributed by atoms with Crippen LogP contribution in [0.3, 0.4) is 0 Å². The maximum absolute atomic E-state index is 13.3. The largest absolute Gasteiger partial charge is 0.341 e. The quantitative estimate of drug-likeness (QED) is 0.884. The Kier molecular flexibility index (Phi) is 6.48. The zero-order chi connectivity index (χ0) is 18.0. The van der Waals surface area contributed by atoms with Gasteiger partial charge in [0.05, 0.1) is 5.41 Å². The molecular formula is C22H29ClN2O. The topological polar surface area (TPSA) is 46.3 Å². The molecule has 1 saturated heterocycles. The van der Waals surface area contributed by atoms with E-state index in [0.29, 0.717) is 18.4 Å². The van der Waals surface area contributed by atoms with Crippen molar-refractivity contribution < 1.29 is 4.79 Å². The molecule has 1 amide bonds. The van der Waals surface area contributed by atoms with Gasteiger partial charge in [-0.2, -0.15) is 0 Å². The van der Waals surface area contributed by atoms with E-state index in [2.05, 4.69) is 43.3 Å². The highest BCUT2D eigenvalue weighted by Gasteiger charge is 2.41. The lowest BCUT2D eigenvalue weighted by atomic mass is 9.81. The van der Waals surface area contributed by atoms with Crippen LogP contribution in [0, 0.1) is 12.8 Å². The van der Waals surface area contributed by atoms with Crippen LogP contribution in [-0.2, 0) is 10.2 Å². The number of benzene rings is 2. The van der Waals surface area contributed by atoms with Crippen LogP contribution in [0.1, 0.15) is 36.5 Å². The van der Waals surface area contributed by atoms with Crippen molar-refractivity contribution >= 4 is 18.3 Å². The molecule has 0 radical (unpaired) electrons. The lowest BCUT2D eigenvalue weighted by Gasteiger charge is -2.31. The maximum atomic E-state index is 13.3. The van der Waals surface area contributed by atoms with Crippen LogP contribution in [-0.4, -0.2) is 30.4 Å². The summed E-state index contributed by atoms with van der Waals surface area (Å²) in [7, 11) is 0. The van der Waals surface area contributed by atoms with Gasteiger partial charge in [0.1, 0.15) is 0 Å². The summed E-state index contributed by atoms with van der Waals surface area (Å²) < 4.78 is 0. The smallest absolute Gasteiger partial charge is 0.232 e. The SMILES string of the molecule is Cc1ccccc1C(C)(C)C(=O)N1C[C@@H](CN)[C@H](c2ccccc2)C1.Cl. The van der Waals surface area contributed by atoms with Gasteiger partial charge in [0.15, 0.2) is 0 Å². The summed E-state index contributed by atoms with van der Waals surface area (Å²) in [5.41, 5.74) is 9.04. The minimum absolute atomic E-state index is 0. The predicted octanol–water partition coefficient (Wildman–Crippen LogP) is 3.90. The Labute approximate surface area is 163 Å². The highest BCUT2D eigenvalue weighted by Crippen LogP contribution is 2.36. The monoisotopic (exact) mass is 372 g/mol. The molecule has 4 heteroatoms. The van der Waals surface area contributed by atoms with Gasteiger partial charge in [-0.05, 0) is 49.9 Å². The highest BCUT2D eigenvalue weighted by molar-refractivity contribution is 5.88. The van der Waals surface area contributed by atoms with Crippen LogP contribution in [0.5, 0.6) is 0 Å². The molecule has 0 aromatic heterocycles. The number of rotatable bonds is 4. The first kappa shape index (κ1) is 20.5. The van der Waals surface area contributed by atoms with Gasteiger partial charge in [-0.25, -0.2) is 0 Å². The van der Waals surface area contributed by atoms with Crippen LogP contribution >= 0.6 is 12.4 Å². The van der Waals surface area contributed by atoms with Crippen molar-refractivity contribution in [1.29, 1.82) is 0 Å². The molecule has 2 N–H and O–H groups in total. The number of nitrogens with two attached hydrogens (primary N) is 1. The van der Waals surface area contributed by atoms with Crippen LogP contribution in [0.25, 0.3) is 0 Å². The molecule has 0 saturated carbocycles. The van der Waals surface area contributed by atoms with Gasteiger partial charge in [0.25, 0.3) is 0 Å². The van der Waals surface area contributed by atoms with Crippen LogP contribution in [0.15, 0.2) is 54.6 Å². The Bertz CT molecular complexity index is 745. The molecule has 1 fully saturated rings. The molecule has 0 bridgehead atoms. The van der Waals surface area contributed by atoms with E-state index in [4.69, 9.17) is 5.73 Å². The molecule has 26 heavy (non-hydrogen) atoms. The van der Waals surface area contributed by atoms with E-state index in [1.165, 1.54) is 5.56 Å². The Hall–Kier alpha value is -1.84. The Balaban J connectivity index is 0.00000243. The number of aryl methyl sites for hydroxylation is 1. The highest BCUT2D eigenvalue weighted by atomic mass is 35.5. The van der Waals surface area contributed by atoms with Gasteiger partial charge in [-0.15, -0.1) is 12.4 Å². The fourth-order valence-electron chi connectivity index (χ4n) is 4.14. The van der Waals surface area contributed by atoms with Gasteiger partial charge in [0.2, 0.25) is 5.91 Å². The summed E-state index contributed by atoms with van der Waals surface area (Å²) in [6.07, 6.45) is 0. The third-order valence-corrected chi connectivity index (χ3v) is 5.61. The lowest BCUT2D eigenvalue weighted by Crippen LogP contribution is -2.43. The van der Waals surface area contributed by atoms with E-state index in [0.717, 1.165) is 24.2 Å². The molecule has 1 heterocycles. The average Bonchev–Trinajstić information content (AvgIpc) is 3.06. The summed E-state index contributed by atoms with van der Waals surface area (Å²) in [5, 5.41) is 0. The third-order valence-electron chi connectivity index (χ3n) is 5.61. The minimum atomic E-state index is -0.532. The van der Waals surface area contributed by atoms with E-state index >= 15 is 0 Å². The van der Waals surface area contributed by atoms with Gasteiger partial charge < -0.3 is 10.6 Å². The van der Waals surface area contributed by atoms with Crippen molar-refractivity contribution in [2.45, 2.75) is 32.1 Å². The minimum Gasteiger partial charge on any atom is -0.341 e. The second-order valence-electron chi connectivity index (χ2n) is 7.66. The lowest BCUT2D eigenvalue weighted by molar-refractivity contribution is -0.135. The maximum Gasteiger partial charge on any atom is 0.232 e. The van der Waals surface area contributed by atoms with E-state index < -0.39 is 5.41 Å². The van der Waals surface area contributed by atoms with Gasteiger partial charge in [-0.3, -0.25) is 4.79 Å². The van der Waals surface area contributed by atoms with Crippen molar-refractivity contribution in [2.24, 2.45) is 11.7 Å². The standard InChI is InChI=1S/C22H28N2O.ClH/c1-16-9-7-8-12-20(16)22(2,3)21(25)24-14-18(13-23)19(15-24)17-10-5-4-6-11-17;/h4-12,18-19H,13-15,23H2,1-3H3;1H/t18-,19+;/m1./s1. The number of amides is 1. The van der Waals surface area contributed by atoms with Crippen molar-refractivity contribution in [3.05, 3.63) is 71.3 Å². The number of nitrogens with zero attached hydrogens (tertiary/aromatic N) is 1. The average molecular weight is 373 g/mol. The molecule has 1 aliphatic heterocycles. The van der Waals surface area contributed by atoms with E-state index in [1.54, 1.807) is 0 Å². The van der Waals surface area contributed by atoms with E-state index in [1.807, 2.05) is 36.9 Å². The van der Waals surface area contributed by atoms with E-state index in [-0.39, 0.29) is 18.3 Å². The summed E-state index contributed by atoms with van der Waals surface area (Å²) in [6, 6.07) is 18.6. The molecular weight excluding hydrogens is 344 g/mol. The number of likely N-dealkylation sites (tertiary alicyclic amines) is 1. The van der Waals surface area contributed by atoms with Crippen molar-refractivity contribution in [3.63, 3.8) is 0 Å². The fourth-order valence-corrected chi connectivity index (χ4v) is 4.14. The first-order valence-electron chi connectivity index (χ1n) is 9.05. The van der Waals surface area contributed by atoms with Crippen molar-refractivity contribution in [2.75, 3.05) is 19.6 Å². The van der Waals surface area contributed by atoms with Crippen molar-refractivity contribution in [3.8, 4) is 0 Å². The number of hydrogen-bond acceptors (Lipinski definition) is 2. The second-order valence-corrected chi connectivity index (χ2v) is 7.66. The number of carbonyl (C=O) groups is 1. The molecule has 2 atom stereocenters. The zero-order valence-electron chi connectivity index (χ0n) is 15.8. The molecule has 140 valence electrons. The number of carbonyl (C=O) groups excluding carboxylic acids is 1. The number of halogens is 1. The molecule has 0 aliphatic carbocycles. The Morgan fingerprint density at radius 1 is 1.08 bits per heavy atom. The van der Waals surface area contributed by atoms with E-state index in [9.17, 15) is 4.79 Å². The van der Waals surface area contributed by atoms with Crippen LogP contribution in [0.4, 0.5) is 0 Å². The summed E-state index contributed by atoms with van der Waals surface area (Å²) in [4.78, 5) is 15.4. The molecule has 2 aromatic rings. The second kappa shape index (κ2) is 8.24. The van der Waals surface area contributed by atoms with Gasteiger partial charge in [-0.1, -0.05) is 54.6 Å². The van der Waals surface area contributed by atoms with Crippen molar-refractivity contribution in [1.82, 2.24) is 4.90 Å². The zero-order valence-corrected chi connectivity index (χ0v) is 16.6. The van der Waals surface area contributed by atoms with Gasteiger partial charge in [0, 0.05) is 19.0 Å². The number of hydrogen-bond donors (Lipinski definition) is 1. The van der Waals surface area contributed by atoms with Gasteiger partial charge >= 0.3 is 0 Å². The molecule has 0 unspecified atom stereocenters. The molecule has 1 aliphatic rings. The first-order chi connectivity index (χ1) is 11.9. The molecule has 2 aromatic carbocycles. The summed E-state index contributed by atoms with van der Waals surface area (Å²) >= 11 is 0. The fraction of sp³-hybridized carbons (Fsp3) is 0.409. The normalized spacial score (nSPS) is 19.9. The third kappa shape index (κ3) is 3.79. The van der Waals surface area contributed by atoms with Crippen LogP contribution < -0.4 is 5.73 Å². The Morgan fingerprint density at radius 2 is 1.69 bits per heavy atom. The summed E-state index contributed by atoms with van der Waals surface area (Å²) in [6.45, 7) is 8.23. The molecule has 0 spiro atoms. The van der Waals surface area contributed by atoms with Crippen LogP contribution in [0.2, 0.25) is 0 Å². The summed E-state index contributed by atoms with van der Waals surface area (Å²) in [5.74, 6) is 0.834. The Morgan fingerprint density at radius 3 is 2.31 bits per heavy atom.